The van der Waals surface area contributed by atoms with Gasteiger partial charge in [0.05, 0.1) is 21.7 Å². The van der Waals surface area contributed by atoms with E-state index < -0.39 is 66.4 Å². The van der Waals surface area contributed by atoms with Crippen molar-refractivity contribution >= 4 is 34.6 Å². The summed E-state index contributed by atoms with van der Waals surface area (Å²) in [6.07, 6.45) is -9.31. The topological polar surface area (TPSA) is 75.7 Å². The van der Waals surface area contributed by atoms with Crippen LogP contribution in [0.1, 0.15) is 22.3 Å². The third-order valence-corrected chi connectivity index (χ3v) is 3.45. The molecule has 0 saturated carbocycles. The van der Waals surface area contributed by atoms with Crippen molar-refractivity contribution in [2.24, 2.45) is 4.99 Å². The number of aliphatic imine (C=N–C) groups is 1. The van der Waals surface area contributed by atoms with Crippen LogP contribution in [0.15, 0.2) is 35.3 Å². The van der Waals surface area contributed by atoms with Crippen LogP contribution in [0.5, 0.6) is 5.75 Å². The van der Waals surface area contributed by atoms with Gasteiger partial charge in [-0.3, -0.25) is 15.1 Å². The van der Waals surface area contributed by atoms with Gasteiger partial charge in [-0.25, -0.2) is 0 Å². The molecule has 2 aromatic rings. The van der Waals surface area contributed by atoms with Crippen LogP contribution in [0.3, 0.4) is 0 Å². The maximum absolute atomic E-state index is 12.8. The first-order valence-electron chi connectivity index (χ1n) is 7.48. The third-order valence-electron chi connectivity index (χ3n) is 3.45. The summed E-state index contributed by atoms with van der Waals surface area (Å²) in [5, 5.41) is 20.7. The van der Waals surface area contributed by atoms with Crippen molar-refractivity contribution in [1.82, 2.24) is 0 Å². The molecule has 1 N–H and O–H groups in total. The van der Waals surface area contributed by atoms with Crippen molar-refractivity contribution in [2.75, 3.05) is 0 Å². The predicted molar refractivity (Wildman–Crippen MR) is 94.9 cm³/mol. The van der Waals surface area contributed by atoms with E-state index in [1.54, 1.807) is 0 Å². The van der Waals surface area contributed by atoms with Crippen molar-refractivity contribution in [1.29, 1.82) is 0 Å². The summed E-state index contributed by atoms with van der Waals surface area (Å²) < 4.78 is 76.9. The minimum absolute atomic E-state index is 0.0476. The Morgan fingerprint density at radius 3 is 1.90 bits per heavy atom. The summed E-state index contributed by atoms with van der Waals surface area (Å²) in [4.78, 5) is 13.6. The van der Waals surface area contributed by atoms with Crippen molar-refractivity contribution < 1.29 is 57.2 Å². The van der Waals surface area contributed by atoms with E-state index in [0.29, 0.717) is 12.1 Å². The second-order valence-electron chi connectivity index (χ2n) is 5.55. The summed E-state index contributed by atoms with van der Waals surface area (Å²) in [5.74, 6) is -0.438. The van der Waals surface area contributed by atoms with Crippen LogP contribution in [0.2, 0.25) is 0 Å². The summed E-state index contributed by atoms with van der Waals surface area (Å²) in [5.41, 5.74) is -4.35. The van der Waals surface area contributed by atoms with Gasteiger partial charge in [-0.2, -0.15) is 26.3 Å². The van der Waals surface area contributed by atoms with E-state index >= 15 is 0 Å². The minimum atomic E-state index is -5.03. The molecule has 2 aromatic carbocycles. The summed E-state index contributed by atoms with van der Waals surface area (Å²) in [7, 11) is 9.87. The molecule has 0 aliphatic carbocycles. The third kappa shape index (κ3) is 7.55. The van der Waals surface area contributed by atoms with Crippen LogP contribution in [0.4, 0.5) is 37.7 Å². The van der Waals surface area contributed by atoms with Gasteiger partial charge in [-0.15, -0.1) is 0 Å². The number of phenols is 1. The Morgan fingerprint density at radius 1 is 1.03 bits per heavy atom. The number of aryl methyl sites for hydroxylation is 1. The normalized spacial score (nSPS) is 11.8. The first-order valence-corrected chi connectivity index (χ1v) is 13.8. The van der Waals surface area contributed by atoms with E-state index in [-0.39, 0.29) is 17.2 Å². The molecule has 2 rings (SSSR count). The number of phenolic OH excluding ortho intramolecular Hbond substituents is 1. The molecule has 162 valence electrons. The number of aromatic hydroxyl groups is 1. The SMILES string of the molecule is Cc1cc([N+](=O)[O-])cc(C=Nc2cc(C(F)(F)F)cc(C(F)(F)F)c2)c1O.[Cl][Zr][Cl]. The maximum atomic E-state index is 12.8. The van der Waals surface area contributed by atoms with Crippen LogP contribution in [-0.4, -0.2) is 16.2 Å². The monoisotopic (exact) mass is 552 g/mol. The standard InChI is InChI=1S/C16H10F6N2O3.2ClH.Zr/c1-8-2-13(24(26)27)3-9(14(8)25)7-23-12-5-10(15(17,18)19)4-11(6-12)16(20,21)22;;;/h2-7,25H,1H3;2*1H;/q;;;+2/p-2. The van der Waals surface area contributed by atoms with Crippen molar-refractivity contribution in [3.05, 3.63) is 62.7 Å². The van der Waals surface area contributed by atoms with Gasteiger partial charge in [0.1, 0.15) is 5.75 Å². The first kappa shape index (κ1) is 26.4. The Hall–Kier alpha value is -1.65. The average molecular weight is 554 g/mol. The van der Waals surface area contributed by atoms with Crippen LogP contribution in [0, 0.1) is 17.0 Å². The molecule has 0 saturated heterocycles. The molecule has 0 spiro atoms. The number of halogens is 8. The molecule has 0 bridgehead atoms. The van der Waals surface area contributed by atoms with Crippen molar-refractivity contribution in [3.8, 4) is 5.75 Å². The number of benzene rings is 2. The number of nitro groups is 1. The fourth-order valence-corrected chi connectivity index (χ4v) is 2.15. The molecular weight excluding hydrogens is 544 g/mol. The Kier molecular flexibility index (Phi) is 9.32. The van der Waals surface area contributed by atoms with E-state index in [1.165, 1.54) is 6.92 Å². The Morgan fingerprint density at radius 2 is 1.50 bits per heavy atom. The zero-order valence-electron chi connectivity index (χ0n) is 14.6. The zero-order valence-corrected chi connectivity index (χ0v) is 18.6. The molecule has 14 heteroatoms. The number of rotatable bonds is 3. The fraction of sp³-hybridized carbons (Fsp3) is 0.188. The van der Waals surface area contributed by atoms with Crippen LogP contribution >= 0.6 is 17.0 Å². The molecule has 0 unspecified atom stereocenters. The molecule has 0 aliphatic heterocycles. The van der Waals surface area contributed by atoms with Gasteiger partial charge in [0.25, 0.3) is 5.69 Å². The number of alkyl halides is 6. The number of hydrogen-bond acceptors (Lipinski definition) is 4. The van der Waals surface area contributed by atoms with Crippen molar-refractivity contribution in [3.63, 3.8) is 0 Å². The number of nitro benzene ring substituents is 1. The number of non-ortho nitro benzene ring substituents is 1. The molecule has 30 heavy (non-hydrogen) atoms. The number of nitrogens with zero attached hydrogens (tertiary/aromatic N) is 2. The van der Waals surface area contributed by atoms with Crippen LogP contribution in [-0.2, 0) is 33.2 Å². The number of hydrogen-bond donors (Lipinski definition) is 1. The summed E-state index contributed by atoms with van der Waals surface area (Å²) >= 11 is -0.826. The fourth-order valence-electron chi connectivity index (χ4n) is 2.15. The van der Waals surface area contributed by atoms with Gasteiger partial charge in [-0.05, 0) is 30.7 Å². The van der Waals surface area contributed by atoms with Crippen molar-refractivity contribution in [2.45, 2.75) is 19.3 Å². The molecule has 0 aliphatic rings. The Labute approximate surface area is 184 Å². The molecule has 0 amide bonds. The second-order valence-corrected chi connectivity index (χ2v) is 9.28. The second kappa shape index (κ2) is 10.6. The molecule has 0 radical (unpaired) electrons. The molecule has 0 heterocycles. The summed E-state index contributed by atoms with van der Waals surface area (Å²) in [6, 6.07) is 2.69. The van der Waals surface area contributed by atoms with E-state index in [0.717, 1.165) is 18.3 Å². The molecule has 0 fully saturated rings. The predicted octanol–water partition coefficient (Wildman–Crippen LogP) is 6.77. The quantitative estimate of drug-likeness (QED) is 0.197. The molecule has 5 nitrogen and oxygen atoms in total. The Balaban J connectivity index is 0.00000141. The van der Waals surface area contributed by atoms with Crippen LogP contribution < -0.4 is 0 Å². The zero-order chi connectivity index (χ0) is 23.3. The van der Waals surface area contributed by atoms with Gasteiger partial charge < -0.3 is 5.11 Å². The average Bonchev–Trinajstić information content (AvgIpc) is 2.61. The van der Waals surface area contributed by atoms with E-state index in [2.05, 4.69) is 4.99 Å². The van der Waals surface area contributed by atoms with Gasteiger partial charge in [-0.1, -0.05) is 0 Å². The molecule has 0 aromatic heterocycles. The van der Waals surface area contributed by atoms with Gasteiger partial charge in [0, 0.05) is 23.9 Å². The van der Waals surface area contributed by atoms with Gasteiger partial charge in [0.2, 0.25) is 0 Å². The molecule has 0 atom stereocenters. The van der Waals surface area contributed by atoms with E-state index in [4.69, 9.17) is 17.0 Å². The summed E-state index contributed by atoms with van der Waals surface area (Å²) in [6.45, 7) is 1.34. The van der Waals surface area contributed by atoms with E-state index in [1.807, 2.05) is 0 Å². The molecular formula is C16H10Cl2F6N2O3Zr. The first-order chi connectivity index (χ1) is 13.7. The van der Waals surface area contributed by atoms with Gasteiger partial charge in [0.15, 0.2) is 0 Å². The van der Waals surface area contributed by atoms with Crippen LogP contribution in [0.25, 0.3) is 0 Å². The van der Waals surface area contributed by atoms with Gasteiger partial charge >= 0.3 is 50.2 Å². The van der Waals surface area contributed by atoms with E-state index in [9.17, 15) is 41.6 Å². The Bertz CT molecular complexity index is 920.